The van der Waals surface area contributed by atoms with Crippen LogP contribution in [0.1, 0.15) is 56.0 Å². The van der Waals surface area contributed by atoms with Gasteiger partial charge >= 0.3 is 5.97 Å². The summed E-state index contributed by atoms with van der Waals surface area (Å²) in [7, 11) is 0. The van der Waals surface area contributed by atoms with Crippen molar-refractivity contribution in [2.24, 2.45) is 11.3 Å². The summed E-state index contributed by atoms with van der Waals surface area (Å²) in [5, 5.41) is 9.57. The van der Waals surface area contributed by atoms with Crippen LogP contribution < -0.4 is 0 Å². The number of hydrogen-bond donors (Lipinski definition) is 1. The lowest BCUT2D eigenvalue weighted by molar-refractivity contribution is -0.150. The summed E-state index contributed by atoms with van der Waals surface area (Å²) >= 11 is 0. The maximum absolute atomic E-state index is 12.6. The van der Waals surface area contributed by atoms with E-state index in [1.165, 1.54) is 0 Å². The van der Waals surface area contributed by atoms with E-state index in [1.807, 2.05) is 27.7 Å². The number of aliphatic carboxylic acids is 1. The van der Waals surface area contributed by atoms with Gasteiger partial charge in [-0.05, 0) is 30.4 Å². The van der Waals surface area contributed by atoms with Crippen LogP contribution >= 0.6 is 0 Å². The SMILES string of the molecule is CCc1cc(C(=O)N2CCC(C(=O)O)(C(C)C)C2)oc1CC. The van der Waals surface area contributed by atoms with Gasteiger partial charge in [-0.25, -0.2) is 0 Å². The van der Waals surface area contributed by atoms with Crippen molar-refractivity contribution in [3.63, 3.8) is 0 Å². The molecule has 2 rings (SSSR count). The molecule has 0 aliphatic carbocycles. The summed E-state index contributed by atoms with van der Waals surface area (Å²) in [5.41, 5.74) is 0.210. The average Bonchev–Trinajstić information content (AvgIpc) is 3.11. The lowest BCUT2D eigenvalue weighted by atomic mass is 9.76. The minimum absolute atomic E-state index is 0.0168. The Bertz CT molecular complexity index is 554. The van der Waals surface area contributed by atoms with Crippen LogP contribution in [0.25, 0.3) is 0 Å². The van der Waals surface area contributed by atoms with Gasteiger partial charge in [0.25, 0.3) is 5.91 Å². The molecule has 1 N–H and O–H groups in total. The molecular formula is C17H25NO4. The summed E-state index contributed by atoms with van der Waals surface area (Å²) in [4.78, 5) is 25.9. The lowest BCUT2D eigenvalue weighted by Gasteiger charge is -2.28. The smallest absolute Gasteiger partial charge is 0.311 e. The van der Waals surface area contributed by atoms with Gasteiger partial charge in [0.2, 0.25) is 0 Å². The molecule has 0 saturated carbocycles. The largest absolute Gasteiger partial charge is 0.481 e. The summed E-state index contributed by atoms with van der Waals surface area (Å²) in [6.45, 7) is 8.55. The van der Waals surface area contributed by atoms with E-state index in [1.54, 1.807) is 11.0 Å². The van der Waals surface area contributed by atoms with Gasteiger partial charge in [0.15, 0.2) is 5.76 Å². The first-order valence-electron chi connectivity index (χ1n) is 8.00. The number of likely N-dealkylation sites (tertiary alicyclic amines) is 1. The van der Waals surface area contributed by atoms with Crippen LogP contribution in [0.2, 0.25) is 0 Å². The zero-order valence-electron chi connectivity index (χ0n) is 13.8. The molecule has 0 bridgehead atoms. The van der Waals surface area contributed by atoms with E-state index in [4.69, 9.17) is 4.42 Å². The van der Waals surface area contributed by atoms with E-state index in [0.29, 0.717) is 18.7 Å². The number of carbonyl (C=O) groups is 2. The fourth-order valence-electron chi connectivity index (χ4n) is 3.23. The van der Waals surface area contributed by atoms with Crippen molar-refractivity contribution in [1.82, 2.24) is 4.90 Å². The first kappa shape index (κ1) is 16.6. The van der Waals surface area contributed by atoms with E-state index in [9.17, 15) is 14.7 Å². The van der Waals surface area contributed by atoms with Crippen molar-refractivity contribution in [2.45, 2.75) is 47.0 Å². The summed E-state index contributed by atoms with van der Waals surface area (Å²) < 4.78 is 5.68. The predicted octanol–water partition coefficient (Wildman–Crippen LogP) is 2.98. The Morgan fingerprint density at radius 3 is 2.45 bits per heavy atom. The fraction of sp³-hybridized carbons (Fsp3) is 0.647. The minimum Gasteiger partial charge on any atom is -0.481 e. The highest BCUT2D eigenvalue weighted by Crippen LogP contribution is 2.38. The molecule has 0 aromatic carbocycles. The van der Waals surface area contributed by atoms with Gasteiger partial charge in [-0.15, -0.1) is 0 Å². The number of carboxylic acids is 1. The second kappa shape index (κ2) is 6.15. The zero-order chi connectivity index (χ0) is 16.5. The molecule has 0 radical (unpaired) electrons. The number of aryl methyl sites for hydroxylation is 2. The molecule has 1 fully saturated rings. The average molecular weight is 307 g/mol. The van der Waals surface area contributed by atoms with E-state index in [2.05, 4.69) is 0 Å². The molecule has 122 valence electrons. The van der Waals surface area contributed by atoms with Crippen molar-refractivity contribution in [2.75, 3.05) is 13.1 Å². The van der Waals surface area contributed by atoms with Crippen molar-refractivity contribution in [1.29, 1.82) is 0 Å². The molecule has 2 heterocycles. The molecule has 1 aromatic heterocycles. The normalized spacial score (nSPS) is 21.6. The molecule has 0 spiro atoms. The molecule has 1 aliphatic rings. The highest BCUT2D eigenvalue weighted by atomic mass is 16.4. The molecule has 1 aliphatic heterocycles. The number of carbonyl (C=O) groups excluding carboxylic acids is 1. The van der Waals surface area contributed by atoms with Crippen molar-refractivity contribution >= 4 is 11.9 Å². The van der Waals surface area contributed by atoms with Gasteiger partial charge in [-0.3, -0.25) is 9.59 Å². The van der Waals surface area contributed by atoms with Gasteiger partial charge < -0.3 is 14.4 Å². The monoisotopic (exact) mass is 307 g/mol. The van der Waals surface area contributed by atoms with Gasteiger partial charge in [0.1, 0.15) is 5.76 Å². The Balaban J connectivity index is 2.21. The second-order valence-electron chi connectivity index (χ2n) is 6.36. The fourth-order valence-corrected chi connectivity index (χ4v) is 3.23. The Morgan fingerprint density at radius 1 is 1.36 bits per heavy atom. The lowest BCUT2D eigenvalue weighted by Crippen LogP contribution is -2.40. The maximum atomic E-state index is 12.6. The third kappa shape index (κ3) is 2.64. The van der Waals surface area contributed by atoms with Crippen molar-refractivity contribution in [3.05, 3.63) is 23.2 Å². The Labute approximate surface area is 131 Å². The molecule has 5 heteroatoms. The number of nitrogens with zero attached hydrogens (tertiary/aromatic N) is 1. The second-order valence-corrected chi connectivity index (χ2v) is 6.36. The van der Waals surface area contributed by atoms with Gasteiger partial charge in [-0.2, -0.15) is 0 Å². The van der Waals surface area contributed by atoms with Crippen LogP contribution in [-0.2, 0) is 17.6 Å². The van der Waals surface area contributed by atoms with Crippen LogP contribution in [0.15, 0.2) is 10.5 Å². The van der Waals surface area contributed by atoms with Crippen molar-refractivity contribution < 1.29 is 19.1 Å². The molecule has 1 amide bonds. The Morgan fingerprint density at radius 2 is 2.05 bits per heavy atom. The highest BCUT2D eigenvalue weighted by molar-refractivity contribution is 5.93. The Hall–Kier alpha value is -1.78. The number of furan rings is 1. The molecule has 1 atom stereocenters. The summed E-state index contributed by atoms with van der Waals surface area (Å²) in [6.07, 6.45) is 2.07. The van der Waals surface area contributed by atoms with Gasteiger partial charge in [-0.1, -0.05) is 27.7 Å². The van der Waals surface area contributed by atoms with E-state index in [0.717, 1.165) is 24.2 Å². The first-order valence-corrected chi connectivity index (χ1v) is 8.00. The highest BCUT2D eigenvalue weighted by Gasteiger charge is 2.48. The van der Waals surface area contributed by atoms with Crippen LogP contribution in [0.3, 0.4) is 0 Å². The van der Waals surface area contributed by atoms with E-state index in [-0.39, 0.29) is 18.4 Å². The minimum atomic E-state index is -0.844. The molecule has 1 aromatic rings. The number of hydrogen-bond acceptors (Lipinski definition) is 3. The van der Waals surface area contributed by atoms with E-state index < -0.39 is 11.4 Å². The van der Waals surface area contributed by atoms with Crippen LogP contribution in [0.5, 0.6) is 0 Å². The standard InChI is InChI=1S/C17H25NO4/c1-5-12-9-14(22-13(12)6-2)15(19)18-8-7-17(10-18,11(3)4)16(20)21/h9,11H,5-8,10H2,1-4H3,(H,20,21). The number of rotatable bonds is 5. The first-order chi connectivity index (χ1) is 10.4. The maximum Gasteiger partial charge on any atom is 0.311 e. The predicted molar refractivity (Wildman–Crippen MR) is 82.9 cm³/mol. The van der Waals surface area contributed by atoms with Gasteiger partial charge in [0, 0.05) is 19.5 Å². The van der Waals surface area contributed by atoms with Crippen LogP contribution in [-0.4, -0.2) is 35.0 Å². The van der Waals surface area contributed by atoms with Crippen LogP contribution in [0, 0.1) is 11.3 Å². The van der Waals surface area contributed by atoms with Gasteiger partial charge in [0.05, 0.1) is 5.41 Å². The number of amides is 1. The summed E-state index contributed by atoms with van der Waals surface area (Å²) in [5.74, 6) is 0.146. The van der Waals surface area contributed by atoms with E-state index >= 15 is 0 Å². The third-order valence-corrected chi connectivity index (χ3v) is 4.93. The quantitative estimate of drug-likeness (QED) is 0.908. The number of carboxylic acid groups (broad SMARTS) is 1. The molecule has 5 nitrogen and oxygen atoms in total. The summed E-state index contributed by atoms with van der Waals surface area (Å²) in [6, 6.07) is 1.80. The Kier molecular flexibility index (Phi) is 4.63. The van der Waals surface area contributed by atoms with Crippen LogP contribution in [0.4, 0.5) is 0 Å². The molecule has 1 saturated heterocycles. The molecule has 1 unspecified atom stereocenters. The topological polar surface area (TPSA) is 70.8 Å². The third-order valence-electron chi connectivity index (χ3n) is 4.93. The molecule has 22 heavy (non-hydrogen) atoms. The van der Waals surface area contributed by atoms with Crippen molar-refractivity contribution in [3.8, 4) is 0 Å². The zero-order valence-corrected chi connectivity index (χ0v) is 13.8. The molecular weight excluding hydrogens is 282 g/mol.